The number of benzene rings is 1. The van der Waals surface area contributed by atoms with Gasteiger partial charge in [-0.1, -0.05) is 26.0 Å². The van der Waals surface area contributed by atoms with Crippen molar-refractivity contribution in [3.63, 3.8) is 0 Å². The molecule has 0 spiro atoms. The molecule has 37 heavy (non-hydrogen) atoms. The van der Waals surface area contributed by atoms with Crippen LogP contribution >= 0.6 is 0 Å². The van der Waals surface area contributed by atoms with Gasteiger partial charge in [0.25, 0.3) is 10.0 Å². The molecule has 2 aromatic heterocycles. The molecule has 1 aliphatic heterocycles. The van der Waals surface area contributed by atoms with Crippen LogP contribution in [0.25, 0.3) is 11.3 Å². The fraction of sp³-hybridized carbons (Fsp3) is 0.423. The van der Waals surface area contributed by atoms with Gasteiger partial charge in [-0.15, -0.1) is 5.10 Å². The number of nitrogens with zero attached hydrogens (tertiary/aromatic N) is 3. The monoisotopic (exact) mass is 528 g/mol. The highest BCUT2D eigenvalue weighted by Gasteiger charge is 2.65. The Balaban J connectivity index is 1.42. The van der Waals surface area contributed by atoms with Crippen molar-refractivity contribution in [1.29, 1.82) is 0 Å². The number of rotatable bonds is 6. The zero-order valence-electron chi connectivity index (χ0n) is 20.3. The van der Waals surface area contributed by atoms with Gasteiger partial charge in [-0.05, 0) is 60.1 Å². The molecular weight excluding hydrogens is 502 g/mol. The van der Waals surface area contributed by atoms with Crippen molar-refractivity contribution in [3.8, 4) is 11.3 Å². The predicted octanol–water partition coefficient (Wildman–Crippen LogP) is 3.06. The van der Waals surface area contributed by atoms with Crippen LogP contribution < -0.4 is 4.72 Å². The van der Waals surface area contributed by atoms with Crippen molar-refractivity contribution in [2.75, 3.05) is 19.8 Å². The number of nitrogens with one attached hydrogen (secondary N) is 1. The first kappa shape index (κ1) is 24.5. The van der Waals surface area contributed by atoms with Crippen LogP contribution in [0.2, 0.25) is 0 Å². The molecule has 3 aromatic rings. The van der Waals surface area contributed by atoms with Crippen molar-refractivity contribution < 1.29 is 27.0 Å². The van der Waals surface area contributed by atoms with Crippen LogP contribution in [0.5, 0.6) is 0 Å². The van der Waals surface area contributed by atoms with Gasteiger partial charge < -0.3 is 9.84 Å². The Kier molecular flexibility index (Phi) is 5.34. The Hall–Kier alpha value is -2.86. The Bertz CT molecular complexity index is 1510. The fourth-order valence-electron chi connectivity index (χ4n) is 6.30. The van der Waals surface area contributed by atoms with E-state index >= 15 is 0 Å². The predicted molar refractivity (Wildman–Crippen MR) is 129 cm³/mol. The Labute approximate surface area is 213 Å². The van der Waals surface area contributed by atoms with E-state index < -0.39 is 38.1 Å². The van der Waals surface area contributed by atoms with E-state index in [2.05, 4.69) is 33.8 Å². The van der Waals surface area contributed by atoms with Gasteiger partial charge in [0.1, 0.15) is 17.2 Å². The molecule has 3 heterocycles. The number of ether oxygens (including phenoxy) is 1. The SMILES string of the molecule is CC1(C)[C@H]2CC[C@@]1(c1cccc(S(=O)(=O)NCC3(O)COC3)n1)c1nnc(-c3c(F)cccc3F)cc12. The van der Waals surface area contributed by atoms with Crippen LogP contribution in [-0.2, 0) is 20.2 Å². The maximum absolute atomic E-state index is 14.5. The van der Waals surface area contributed by atoms with Crippen LogP contribution in [0.15, 0.2) is 47.5 Å². The molecule has 2 aliphatic carbocycles. The van der Waals surface area contributed by atoms with E-state index in [1.807, 2.05) is 0 Å². The molecule has 2 atom stereocenters. The zero-order chi connectivity index (χ0) is 26.2. The molecule has 2 bridgehead atoms. The summed E-state index contributed by atoms with van der Waals surface area (Å²) in [4.78, 5) is 4.59. The van der Waals surface area contributed by atoms with E-state index in [0.29, 0.717) is 17.8 Å². The lowest BCUT2D eigenvalue weighted by Gasteiger charge is -2.37. The molecule has 11 heteroatoms. The summed E-state index contributed by atoms with van der Waals surface area (Å²) in [6.07, 6.45) is 1.47. The molecule has 2 N–H and O–H groups in total. The van der Waals surface area contributed by atoms with Gasteiger partial charge in [0.2, 0.25) is 0 Å². The van der Waals surface area contributed by atoms with Crippen LogP contribution in [0.1, 0.15) is 49.6 Å². The number of aromatic nitrogens is 3. The summed E-state index contributed by atoms with van der Waals surface area (Å²) < 4.78 is 62.5. The standard InChI is InChI=1S/C26H26F2N4O4S/c1-24(2)16-9-10-26(24,23-15(16)11-19(31-32-23)22-17(27)5-3-6-18(22)28)20-7-4-8-21(30-20)37(34,35)29-12-25(33)13-36-14-25/h3-8,11,16,29,33H,9-10,12-14H2,1-2H3/t16-,26+/m0/s1. The highest BCUT2D eigenvalue weighted by atomic mass is 32.2. The Morgan fingerprint density at radius 1 is 1.11 bits per heavy atom. The minimum Gasteiger partial charge on any atom is -0.384 e. The normalized spacial score (nSPS) is 25.1. The van der Waals surface area contributed by atoms with Gasteiger partial charge in [-0.3, -0.25) is 0 Å². The topological polar surface area (TPSA) is 114 Å². The summed E-state index contributed by atoms with van der Waals surface area (Å²) in [5.74, 6) is -1.40. The maximum Gasteiger partial charge on any atom is 0.258 e. The van der Waals surface area contributed by atoms with Gasteiger partial charge in [-0.2, -0.15) is 5.10 Å². The second-order valence-corrected chi connectivity index (χ2v) is 12.5. The van der Waals surface area contributed by atoms with Gasteiger partial charge in [0.15, 0.2) is 5.03 Å². The van der Waals surface area contributed by atoms with Crippen molar-refractivity contribution in [1.82, 2.24) is 19.9 Å². The maximum atomic E-state index is 14.5. The van der Waals surface area contributed by atoms with Gasteiger partial charge in [-0.25, -0.2) is 26.9 Å². The van der Waals surface area contributed by atoms with Gasteiger partial charge in [0.05, 0.1) is 41.3 Å². The molecule has 6 rings (SSSR count). The van der Waals surface area contributed by atoms with Crippen LogP contribution in [0.4, 0.5) is 8.78 Å². The van der Waals surface area contributed by atoms with E-state index in [0.717, 1.165) is 12.0 Å². The first-order valence-corrected chi connectivity index (χ1v) is 13.6. The minimum atomic E-state index is -4.01. The third-order valence-corrected chi connectivity index (χ3v) is 9.67. The number of aliphatic hydroxyl groups is 1. The molecule has 8 nitrogen and oxygen atoms in total. The molecule has 1 saturated carbocycles. The molecule has 0 amide bonds. The summed E-state index contributed by atoms with van der Waals surface area (Å²) >= 11 is 0. The van der Waals surface area contributed by atoms with E-state index in [9.17, 15) is 22.3 Å². The van der Waals surface area contributed by atoms with E-state index in [4.69, 9.17) is 4.74 Å². The second kappa shape index (κ2) is 8.07. The fourth-order valence-corrected chi connectivity index (χ4v) is 7.38. The highest BCUT2D eigenvalue weighted by Crippen LogP contribution is 2.69. The molecule has 1 saturated heterocycles. The number of hydrogen-bond acceptors (Lipinski definition) is 7. The summed E-state index contributed by atoms with van der Waals surface area (Å²) in [6.45, 7) is 4.13. The number of fused-ring (bicyclic) bond motifs is 5. The van der Waals surface area contributed by atoms with Crippen molar-refractivity contribution in [2.24, 2.45) is 5.41 Å². The smallest absolute Gasteiger partial charge is 0.258 e. The minimum absolute atomic E-state index is 0.0274. The van der Waals surface area contributed by atoms with Gasteiger partial charge >= 0.3 is 0 Å². The first-order valence-electron chi connectivity index (χ1n) is 12.1. The Morgan fingerprint density at radius 2 is 1.81 bits per heavy atom. The number of pyridine rings is 1. The third kappa shape index (κ3) is 3.48. The van der Waals surface area contributed by atoms with Gasteiger partial charge in [0, 0.05) is 6.54 Å². The van der Waals surface area contributed by atoms with E-state index in [1.165, 1.54) is 24.3 Å². The molecule has 0 unspecified atom stereocenters. The molecular formula is C26H26F2N4O4S. The Morgan fingerprint density at radius 3 is 2.49 bits per heavy atom. The number of halogens is 2. The summed E-state index contributed by atoms with van der Waals surface area (Å²) in [7, 11) is -4.01. The van der Waals surface area contributed by atoms with E-state index in [1.54, 1.807) is 18.2 Å². The molecule has 1 aromatic carbocycles. The quantitative estimate of drug-likeness (QED) is 0.506. The molecule has 0 radical (unpaired) electrons. The molecule has 194 valence electrons. The summed E-state index contributed by atoms with van der Waals surface area (Å²) in [5.41, 5.74) is -0.391. The third-order valence-electron chi connectivity index (χ3n) is 8.37. The molecule has 3 aliphatic rings. The van der Waals surface area contributed by atoms with Crippen molar-refractivity contribution >= 4 is 10.0 Å². The first-order chi connectivity index (χ1) is 17.5. The van der Waals surface area contributed by atoms with E-state index in [-0.39, 0.29) is 42.0 Å². The largest absolute Gasteiger partial charge is 0.384 e. The van der Waals surface area contributed by atoms with Crippen LogP contribution in [-0.4, -0.2) is 54.1 Å². The van der Waals surface area contributed by atoms with Crippen LogP contribution in [0.3, 0.4) is 0 Å². The summed E-state index contributed by atoms with van der Waals surface area (Å²) in [6, 6.07) is 10.2. The van der Waals surface area contributed by atoms with Crippen LogP contribution in [0, 0.1) is 17.0 Å². The second-order valence-electron chi connectivity index (χ2n) is 10.8. The lowest BCUT2D eigenvalue weighted by molar-refractivity contribution is -0.172. The lowest BCUT2D eigenvalue weighted by atomic mass is 9.66. The molecule has 2 fully saturated rings. The lowest BCUT2D eigenvalue weighted by Crippen LogP contribution is -2.56. The van der Waals surface area contributed by atoms with Crippen molar-refractivity contribution in [2.45, 2.75) is 48.6 Å². The zero-order valence-corrected chi connectivity index (χ0v) is 21.1. The summed E-state index contributed by atoms with van der Waals surface area (Å²) in [5, 5.41) is 18.8. The number of hydrogen-bond donors (Lipinski definition) is 2. The van der Waals surface area contributed by atoms with Crippen molar-refractivity contribution in [3.05, 3.63) is 71.1 Å². The average Bonchev–Trinajstić information content (AvgIpc) is 3.23. The average molecular weight is 529 g/mol. The number of sulfonamides is 1. The highest BCUT2D eigenvalue weighted by molar-refractivity contribution is 7.89.